The van der Waals surface area contributed by atoms with Crippen molar-refractivity contribution < 1.29 is 14.3 Å². The van der Waals surface area contributed by atoms with Gasteiger partial charge in [-0.3, -0.25) is 9.59 Å². The summed E-state index contributed by atoms with van der Waals surface area (Å²) < 4.78 is 6.03. The molecule has 1 atom stereocenters. The summed E-state index contributed by atoms with van der Waals surface area (Å²) in [6, 6.07) is 18.0. The van der Waals surface area contributed by atoms with Gasteiger partial charge in [-0.1, -0.05) is 35.9 Å². The summed E-state index contributed by atoms with van der Waals surface area (Å²) in [6.07, 6.45) is 2.44. The quantitative estimate of drug-likeness (QED) is 0.414. The van der Waals surface area contributed by atoms with Crippen molar-refractivity contribution in [3.05, 3.63) is 99.7 Å². The molecule has 2 heterocycles. The maximum Gasteiger partial charge on any atom is 0.254 e. The predicted octanol–water partition coefficient (Wildman–Crippen LogP) is 5.23. The molecule has 0 unspecified atom stereocenters. The first-order valence-corrected chi connectivity index (χ1v) is 12.0. The van der Waals surface area contributed by atoms with E-state index < -0.39 is 0 Å². The predicted molar refractivity (Wildman–Crippen MR) is 132 cm³/mol. The second-order valence-corrected chi connectivity index (χ2v) is 9.19. The highest BCUT2D eigenvalue weighted by Gasteiger charge is 2.33. The molecule has 7 heteroatoms. The lowest BCUT2D eigenvalue weighted by Gasteiger charge is -2.37. The molecule has 0 fully saturated rings. The lowest BCUT2D eigenvalue weighted by molar-refractivity contribution is -0.135. The molecular formula is C26H25ClN2O3S. The van der Waals surface area contributed by atoms with E-state index in [1.807, 2.05) is 35.2 Å². The summed E-state index contributed by atoms with van der Waals surface area (Å²) in [5, 5.41) is 2.69. The van der Waals surface area contributed by atoms with E-state index in [9.17, 15) is 9.59 Å². The standard InChI is InChI=1S/C26H25ClN2O3S/c1-2-14-28(26(31)19-6-4-3-5-7-19)17-25(30)29-15-12-24-22(13-16-33-24)23(29)18-32-21-10-8-20(27)9-11-21/h2-11,13,16,23H,1,12,14-15,17-18H2/t23-/m1/s1. The third kappa shape index (κ3) is 5.46. The van der Waals surface area contributed by atoms with Gasteiger partial charge in [-0.05, 0) is 59.8 Å². The first-order chi connectivity index (χ1) is 16.1. The van der Waals surface area contributed by atoms with Crippen LogP contribution in [0.4, 0.5) is 0 Å². The largest absolute Gasteiger partial charge is 0.491 e. The fraction of sp³-hybridized carbons (Fsp3) is 0.231. The fourth-order valence-corrected chi connectivity index (χ4v) is 5.03. The Kier molecular flexibility index (Phi) is 7.47. The molecule has 0 bridgehead atoms. The van der Waals surface area contributed by atoms with Crippen molar-refractivity contribution in [1.82, 2.24) is 9.80 Å². The summed E-state index contributed by atoms with van der Waals surface area (Å²) in [6.45, 7) is 4.94. The zero-order chi connectivity index (χ0) is 23.2. The number of carbonyl (C=O) groups excluding carboxylic acids is 2. The van der Waals surface area contributed by atoms with Gasteiger partial charge in [0, 0.05) is 28.6 Å². The van der Waals surface area contributed by atoms with Crippen LogP contribution in [0.15, 0.2) is 78.7 Å². The van der Waals surface area contributed by atoms with Crippen molar-refractivity contribution in [2.45, 2.75) is 12.5 Å². The van der Waals surface area contributed by atoms with Crippen molar-refractivity contribution >= 4 is 34.8 Å². The van der Waals surface area contributed by atoms with Gasteiger partial charge in [-0.15, -0.1) is 17.9 Å². The first kappa shape index (κ1) is 23.1. The highest BCUT2D eigenvalue weighted by Crippen LogP contribution is 2.34. The minimum atomic E-state index is -0.222. The molecule has 1 aliphatic rings. The van der Waals surface area contributed by atoms with E-state index in [0.29, 0.717) is 36.0 Å². The lowest BCUT2D eigenvalue weighted by atomic mass is 10.0. The minimum Gasteiger partial charge on any atom is -0.491 e. The Balaban J connectivity index is 1.51. The molecule has 3 aromatic rings. The van der Waals surface area contributed by atoms with Crippen LogP contribution in [-0.4, -0.2) is 47.9 Å². The molecule has 0 radical (unpaired) electrons. The van der Waals surface area contributed by atoms with Crippen LogP contribution >= 0.6 is 22.9 Å². The smallest absolute Gasteiger partial charge is 0.254 e. The van der Waals surface area contributed by atoms with Crippen LogP contribution in [0.3, 0.4) is 0 Å². The Labute approximate surface area is 202 Å². The van der Waals surface area contributed by atoms with E-state index in [1.54, 1.807) is 41.7 Å². The molecule has 2 amide bonds. The summed E-state index contributed by atoms with van der Waals surface area (Å²) >= 11 is 7.68. The van der Waals surface area contributed by atoms with Gasteiger partial charge in [0.15, 0.2) is 0 Å². The molecule has 0 saturated carbocycles. The molecule has 0 spiro atoms. The number of carbonyl (C=O) groups is 2. The number of fused-ring (bicyclic) bond motifs is 1. The van der Waals surface area contributed by atoms with Crippen LogP contribution in [0, 0.1) is 0 Å². The average molecular weight is 481 g/mol. The van der Waals surface area contributed by atoms with Gasteiger partial charge in [0.1, 0.15) is 18.9 Å². The van der Waals surface area contributed by atoms with Gasteiger partial charge in [-0.25, -0.2) is 0 Å². The Hall–Kier alpha value is -3.09. The van der Waals surface area contributed by atoms with Crippen LogP contribution in [0.2, 0.25) is 5.02 Å². The van der Waals surface area contributed by atoms with Crippen LogP contribution in [0.5, 0.6) is 5.75 Å². The molecule has 0 saturated heterocycles. The summed E-state index contributed by atoms with van der Waals surface area (Å²) in [5.41, 5.74) is 1.66. The second kappa shape index (κ2) is 10.7. The molecule has 1 aliphatic heterocycles. The van der Waals surface area contributed by atoms with Crippen molar-refractivity contribution in [3.8, 4) is 5.75 Å². The number of nitrogens with zero attached hydrogens (tertiary/aromatic N) is 2. The number of thiophene rings is 1. The number of rotatable bonds is 8. The monoisotopic (exact) mass is 480 g/mol. The minimum absolute atomic E-state index is 0.0172. The second-order valence-electron chi connectivity index (χ2n) is 7.76. The average Bonchev–Trinajstić information content (AvgIpc) is 3.32. The maximum absolute atomic E-state index is 13.4. The number of hydrogen-bond acceptors (Lipinski definition) is 4. The van der Waals surface area contributed by atoms with Crippen LogP contribution < -0.4 is 4.74 Å². The Morgan fingerprint density at radius 2 is 1.91 bits per heavy atom. The zero-order valence-electron chi connectivity index (χ0n) is 18.2. The van der Waals surface area contributed by atoms with Gasteiger partial charge in [0.2, 0.25) is 5.91 Å². The van der Waals surface area contributed by atoms with Gasteiger partial charge in [-0.2, -0.15) is 0 Å². The van der Waals surface area contributed by atoms with Crippen LogP contribution in [-0.2, 0) is 11.2 Å². The number of benzene rings is 2. The van der Waals surface area contributed by atoms with Gasteiger partial charge in [0.25, 0.3) is 5.91 Å². The molecule has 5 nitrogen and oxygen atoms in total. The van der Waals surface area contributed by atoms with E-state index in [0.717, 1.165) is 12.0 Å². The SMILES string of the molecule is C=CCN(CC(=O)N1CCc2sccc2[C@H]1COc1ccc(Cl)cc1)C(=O)c1ccccc1. The highest BCUT2D eigenvalue weighted by molar-refractivity contribution is 7.10. The molecule has 4 rings (SSSR count). The number of ether oxygens (including phenoxy) is 1. The van der Waals surface area contributed by atoms with Crippen LogP contribution in [0.25, 0.3) is 0 Å². The normalized spacial score (nSPS) is 14.9. The molecule has 170 valence electrons. The van der Waals surface area contributed by atoms with Gasteiger partial charge < -0.3 is 14.5 Å². The van der Waals surface area contributed by atoms with E-state index in [-0.39, 0.29) is 24.4 Å². The van der Waals surface area contributed by atoms with Gasteiger partial charge >= 0.3 is 0 Å². The van der Waals surface area contributed by atoms with Crippen LogP contribution in [0.1, 0.15) is 26.8 Å². The third-order valence-corrected chi connectivity index (χ3v) is 6.87. The fourth-order valence-electron chi connectivity index (χ4n) is 3.97. The van der Waals surface area contributed by atoms with Gasteiger partial charge in [0.05, 0.1) is 6.04 Å². The van der Waals surface area contributed by atoms with E-state index >= 15 is 0 Å². The molecule has 33 heavy (non-hydrogen) atoms. The number of halogens is 1. The zero-order valence-corrected chi connectivity index (χ0v) is 19.7. The highest BCUT2D eigenvalue weighted by atomic mass is 35.5. The van der Waals surface area contributed by atoms with E-state index in [1.165, 1.54) is 9.78 Å². The number of amides is 2. The van der Waals surface area contributed by atoms with Crippen molar-refractivity contribution in [2.75, 3.05) is 26.2 Å². The third-order valence-electron chi connectivity index (χ3n) is 5.62. The maximum atomic E-state index is 13.4. The van der Waals surface area contributed by atoms with Crippen molar-refractivity contribution in [2.24, 2.45) is 0 Å². The van der Waals surface area contributed by atoms with Crippen molar-refractivity contribution in [1.29, 1.82) is 0 Å². The summed E-state index contributed by atoms with van der Waals surface area (Å²) in [5.74, 6) is 0.399. The Morgan fingerprint density at radius 3 is 2.64 bits per heavy atom. The first-order valence-electron chi connectivity index (χ1n) is 10.8. The van der Waals surface area contributed by atoms with E-state index in [4.69, 9.17) is 16.3 Å². The molecule has 0 N–H and O–H groups in total. The molecule has 2 aromatic carbocycles. The van der Waals surface area contributed by atoms with Crippen molar-refractivity contribution in [3.63, 3.8) is 0 Å². The summed E-state index contributed by atoms with van der Waals surface area (Å²) in [4.78, 5) is 31.1. The summed E-state index contributed by atoms with van der Waals surface area (Å²) in [7, 11) is 0. The topological polar surface area (TPSA) is 49.9 Å². The Morgan fingerprint density at radius 1 is 1.15 bits per heavy atom. The molecule has 1 aromatic heterocycles. The molecule has 0 aliphatic carbocycles. The molecular weight excluding hydrogens is 456 g/mol. The van der Waals surface area contributed by atoms with E-state index in [2.05, 4.69) is 18.0 Å². The number of hydrogen-bond donors (Lipinski definition) is 0. The Bertz CT molecular complexity index is 1110. The lowest BCUT2D eigenvalue weighted by Crippen LogP contribution is -2.47.